The predicted octanol–water partition coefficient (Wildman–Crippen LogP) is 3.17. The number of amides is 1. The molecule has 112 valence electrons. The summed E-state index contributed by atoms with van der Waals surface area (Å²) in [4.78, 5) is 15.1. The van der Waals surface area contributed by atoms with E-state index in [0.29, 0.717) is 0 Å². The quantitative estimate of drug-likeness (QED) is 0.868. The molecule has 1 N–H and O–H groups in total. The highest BCUT2D eigenvalue weighted by Gasteiger charge is 2.18. The zero-order chi connectivity index (χ0) is 15.3. The van der Waals surface area contributed by atoms with Gasteiger partial charge in [-0.2, -0.15) is 0 Å². The summed E-state index contributed by atoms with van der Waals surface area (Å²) in [5, 5.41) is 2.72. The van der Waals surface area contributed by atoms with E-state index < -0.39 is 17.5 Å². The molecule has 1 aromatic heterocycles. The van der Waals surface area contributed by atoms with Gasteiger partial charge in [-0.1, -0.05) is 11.6 Å². The lowest BCUT2D eigenvalue weighted by molar-refractivity contribution is 0.0493. The average molecular weight is 305 g/mol. The monoisotopic (exact) mass is 304 g/mol. The van der Waals surface area contributed by atoms with E-state index in [1.54, 1.807) is 27.7 Å². The molecule has 7 heteroatoms. The van der Waals surface area contributed by atoms with Crippen molar-refractivity contribution in [2.75, 3.05) is 6.61 Å². The van der Waals surface area contributed by atoms with Crippen molar-refractivity contribution in [3.05, 3.63) is 23.2 Å². The minimum Gasteiger partial charge on any atom is -0.488 e. The Balaban J connectivity index is 2.45. The molecule has 20 heavy (non-hydrogen) atoms. The first-order valence-electron chi connectivity index (χ1n) is 6.11. The van der Waals surface area contributed by atoms with Crippen molar-refractivity contribution >= 4 is 17.7 Å². The highest BCUT2D eigenvalue weighted by atomic mass is 35.5. The number of carbonyl (C=O) groups excluding carboxylic acids is 1. The number of aromatic nitrogens is 1. The molecule has 5 nitrogen and oxygen atoms in total. The first-order valence-corrected chi connectivity index (χ1v) is 6.48. The fourth-order valence-electron chi connectivity index (χ4n) is 1.27. The van der Waals surface area contributed by atoms with E-state index in [9.17, 15) is 9.18 Å². The molecular weight excluding hydrogens is 287 g/mol. The van der Waals surface area contributed by atoms with Crippen LogP contribution in [0.15, 0.2) is 12.3 Å². The first kappa shape index (κ1) is 16.5. The van der Waals surface area contributed by atoms with Crippen molar-refractivity contribution in [2.24, 2.45) is 0 Å². The van der Waals surface area contributed by atoms with Crippen LogP contribution in [0.4, 0.5) is 9.18 Å². The Labute approximate surface area is 122 Å². The SMILES string of the molecule is C[C@@H](COc1cc(Cl)ncc1F)NC(=O)OC(C)(C)C. The lowest BCUT2D eigenvalue weighted by Crippen LogP contribution is -2.40. The maximum absolute atomic E-state index is 13.3. The van der Waals surface area contributed by atoms with Crippen molar-refractivity contribution in [1.82, 2.24) is 10.3 Å². The van der Waals surface area contributed by atoms with Gasteiger partial charge in [-0.3, -0.25) is 0 Å². The minimum absolute atomic E-state index is 0.0113. The van der Waals surface area contributed by atoms with Gasteiger partial charge in [0, 0.05) is 6.07 Å². The third-order valence-corrected chi connectivity index (χ3v) is 2.25. The summed E-state index contributed by atoms with van der Waals surface area (Å²) >= 11 is 5.64. The van der Waals surface area contributed by atoms with Crippen LogP contribution in [0.5, 0.6) is 5.75 Å². The van der Waals surface area contributed by atoms with Crippen LogP contribution in [0, 0.1) is 5.82 Å². The van der Waals surface area contributed by atoms with Crippen LogP contribution in [0.1, 0.15) is 27.7 Å². The molecule has 0 saturated heterocycles. The lowest BCUT2D eigenvalue weighted by atomic mass is 10.2. The lowest BCUT2D eigenvalue weighted by Gasteiger charge is -2.22. The van der Waals surface area contributed by atoms with Crippen LogP contribution >= 0.6 is 11.6 Å². The van der Waals surface area contributed by atoms with Crippen LogP contribution in [-0.2, 0) is 4.74 Å². The number of pyridine rings is 1. The van der Waals surface area contributed by atoms with Crippen molar-refractivity contribution < 1.29 is 18.7 Å². The Morgan fingerprint density at radius 2 is 2.20 bits per heavy atom. The molecule has 1 heterocycles. The highest BCUT2D eigenvalue weighted by Crippen LogP contribution is 2.19. The van der Waals surface area contributed by atoms with Crippen LogP contribution in [-0.4, -0.2) is 29.3 Å². The fourth-order valence-corrected chi connectivity index (χ4v) is 1.42. The van der Waals surface area contributed by atoms with Gasteiger partial charge < -0.3 is 14.8 Å². The van der Waals surface area contributed by atoms with Gasteiger partial charge >= 0.3 is 6.09 Å². The van der Waals surface area contributed by atoms with E-state index in [1.165, 1.54) is 6.07 Å². The number of ether oxygens (including phenoxy) is 2. The molecular formula is C13H18ClFN2O3. The second kappa shape index (κ2) is 6.74. The number of alkyl carbamates (subject to hydrolysis) is 1. The Hall–Kier alpha value is -1.56. The van der Waals surface area contributed by atoms with E-state index in [2.05, 4.69) is 10.3 Å². The van der Waals surface area contributed by atoms with E-state index in [4.69, 9.17) is 21.1 Å². The minimum atomic E-state index is -0.612. The summed E-state index contributed by atoms with van der Waals surface area (Å²) in [5.41, 5.74) is -0.574. The third kappa shape index (κ3) is 6.06. The van der Waals surface area contributed by atoms with Crippen LogP contribution in [0.2, 0.25) is 5.15 Å². The molecule has 0 aliphatic rings. The zero-order valence-electron chi connectivity index (χ0n) is 11.9. The molecule has 0 unspecified atom stereocenters. The zero-order valence-corrected chi connectivity index (χ0v) is 12.6. The molecule has 0 aliphatic carbocycles. The summed E-state index contributed by atoms with van der Waals surface area (Å²) in [6.45, 7) is 7.09. The number of nitrogens with one attached hydrogen (secondary N) is 1. The van der Waals surface area contributed by atoms with E-state index in [1.807, 2.05) is 0 Å². The molecule has 1 atom stereocenters. The smallest absolute Gasteiger partial charge is 0.407 e. The highest BCUT2D eigenvalue weighted by molar-refractivity contribution is 6.29. The number of halogens is 2. The van der Waals surface area contributed by atoms with E-state index in [-0.39, 0.29) is 23.6 Å². The van der Waals surface area contributed by atoms with Gasteiger partial charge in [-0.05, 0) is 27.7 Å². The largest absolute Gasteiger partial charge is 0.488 e. The number of hydrogen-bond acceptors (Lipinski definition) is 4. The topological polar surface area (TPSA) is 60.5 Å². The third-order valence-electron chi connectivity index (χ3n) is 2.04. The molecule has 0 fully saturated rings. The van der Waals surface area contributed by atoms with Crippen molar-refractivity contribution in [2.45, 2.75) is 39.3 Å². The van der Waals surface area contributed by atoms with Crippen LogP contribution < -0.4 is 10.1 Å². The van der Waals surface area contributed by atoms with Crippen molar-refractivity contribution in [1.29, 1.82) is 0 Å². The summed E-state index contributed by atoms with van der Waals surface area (Å²) in [6, 6.07) is 0.924. The second-order valence-corrected chi connectivity index (χ2v) is 5.68. The standard InChI is InChI=1S/C13H18ClFN2O3/c1-8(17-12(18)20-13(2,3)4)7-19-10-5-11(14)16-6-9(10)15/h5-6,8H,7H2,1-4H3,(H,17,18)/t8-/m0/s1. The molecule has 1 aromatic rings. The van der Waals surface area contributed by atoms with Gasteiger partial charge in [0.1, 0.15) is 17.4 Å². The number of nitrogens with zero attached hydrogens (tertiary/aromatic N) is 1. The van der Waals surface area contributed by atoms with Crippen molar-refractivity contribution in [3.8, 4) is 5.75 Å². The summed E-state index contributed by atoms with van der Waals surface area (Å²) in [7, 11) is 0. The fraction of sp³-hybridized carbons (Fsp3) is 0.538. The van der Waals surface area contributed by atoms with Gasteiger partial charge in [0.05, 0.1) is 12.2 Å². The Kier molecular flexibility index (Phi) is 5.56. The van der Waals surface area contributed by atoms with Gasteiger partial charge in [-0.15, -0.1) is 0 Å². The summed E-state index contributed by atoms with van der Waals surface area (Å²) in [5.74, 6) is -0.623. The van der Waals surface area contributed by atoms with Gasteiger partial charge in [0.15, 0.2) is 11.6 Å². The van der Waals surface area contributed by atoms with Gasteiger partial charge in [0.25, 0.3) is 0 Å². The molecule has 0 saturated carbocycles. The molecule has 1 amide bonds. The molecule has 0 spiro atoms. The molecule has 0 bridgehead atoms. The molecule has 0 radical (unpaired) electrons. The predicted molar refractivity (Wildman–Crippen MR) is 73.5 cm³/mol. The molecule has 1 rings (SSSR count). The summed E-state index contributed by atoms with van der Waals surface area (Å²) in [6.07, 6.45) is 0.422. The normalized spacial score (nSPS) is 12.7. The Morgan fingerprint density at radius 3 is 2.80 bits per heavy atom. The first-order chi connectivity index (χ1) is 9.17. The average Bonchev–Trinajstić information content (AvgIpc) is 2.27. The van der Waals surface area contributed by atoms with Gasteiger partial charge in [0.2, 0.25) is 0 Å². The van der Waals surface area contributed by atoms with E-state index in [0.717, 1.165) is 6.20 Å². The van der Waals surface area contributed by atoms with Gasteiger partial charge in [-0.25, -0.2) is 14.2 Å². The van der Waals surface area contributed by atoms with Crippen LogP contribution in [0.3, 0.4) is 0 Å². The Bertz CT molecular complexity index is 477. The van der Waals surface area contributed by atoms with Crippen LogP contribution in [0.25, 0.3) is 0 Å². The maximum Gasteiger partial charge on any atom is 0.407 e. The summed E-state index contributed by atoms with van der Waals surface area (Å²) < 4.78 is 23.7. The second-order valence-electron chi connectivity index (χ2n) is 5.30. The van der Waals surface area contributed by atoms with Crippen molar-refractivity contribution in [3.63, 3.8) is 0 Å². The maximum atomic E-state index is 13.3. The van der Waals surface area contributed by atoms with E-state index >= 15 is 0 Å². The molecule has 0 aliphatic heterocycles. The number of rotatable bonds is 4. The Morgan fingerprint density at radius 1 is 1.55 bits per heavy atom. The number of hydrogen-bond donors (Lipinski definition) is 1. The number of carbonyl (C=O) groups is 1. The molecule has 0 aromatic carbocycles.